The van der Waals surface area contributed by atoms with Crippen LogP contribution < -0.4 is 5.32 Å². The lowest BCUT2D eigenvalue weighted by atomic mass is 10.00. The van der Waals surface area contributed by atoms with Crippen molar-refractivity contribution in [3.63, 3.8) is 0 Å². The summed E-state index contributed by atoms with van der Waals surface area (Å²) in [6.45, 7) is 5.02. The molecule has 19 heavy (non-hydrogen) atoms. The van der Waals surface area contributed by atoms with E-state index in [0.717, 1.165) is 19.5 Å². The molecule has 0 aliphatic heterocycles. The van der Waals surface area contributed by atoms with Gasteiger partial charge in [0, 0.05) is 20.3 Å². The summed E-state index contributed by atoms with van der Waals surface area (Å²) in [5.41, 5.74) is 2.49. The van der Waals surface area contributed by atoms with E-state index in [1.165, 1.54) is 24.0 Å². The Morgan fingerprint density at radius 1 is 1.16 bits per heavy atom. The average Bonchev–Trinajstić information content (AvgIpc) is 2.41. The van der Waals surface area contributed by atoms with Crippen molar-refractivity contribution in [2.24, 2.45) is 5.92 Å². The van der Waals surface area contributed by atoms with E-state index in [0.29, 0.717) is 12.5 Å². The molecule has 0 amide bonds. The van der Waals surface area contributed by atoms with E-state index >= 15 is 0 Å². The van der Waals surface area contributed by atoms with Gasteiger partial charge in [-0.05, 0) is 36.4 Å². The molecule has 0 aromatic heterocycles. The Morgan fingerprint density at radius 2 is 1.84 bits per heavy atom. The average molecular weight is 265 g/mol. The Kier molecular flexibility index (Phi) is 8.47. The van der Waals surface area contributed by atoms with E-state index in [4.69, 9.17) is 9.84 Å². The Labute approximate surface area is 117 Å². The lowest BCUT2D eigenvalue weighted by Crippen LogP contribution is -2.23. The van der Waals surface area contributed by atoms with Crippen LogP contribution in [-0.4, -0.2) is 25.4 Å². The van der Waals surface area contributed by atoms with Crippen LogP contribution in [0.2, 0.25) is 0 Å². The minimum atomic E-state index is 0.290. The fourth-order valence-corrected chi connectivity index (χ4v) is 2.28. The lowest BCUT2D eigenvalue weighted by molar-refractivity contribution is 0.185. The smallest absolute Gasteiger partial charge is 0.0713 e. The zero-order valence-corrected chi connectivity index (χ0v) is 12.2. The number of rotatable bonds is 10. The number of aliphatic hydroxyl groups is 1. The Bertz CT molecular complexity index is 318. The van der Waals surface area contributed by atoms with Crippen molar-refractivity contribution < 1.29 is 9.84 Å². The highest BCUT2D eigenvalue weighted by Gasteiger charge is 2.06. The van der Waals surface area contributed by atoms with Crippen molar-refractivity contribution in [2.45, 2.75) is 39.3 Å². The van der Waals surface area contributed by atoms with E-state index in [1.807, 2.05) is 0 Å². The lowest BCUT2D eigenvalue weighted by Gasteiger charge is -2.15. The van der Waals surface area contributed by atoms with E-state index < -0.39 is 0 Å². The van der Waals surface area contributed by atoms with Crippen molar-refractivity contribution in [1.82, 2.24) is 5.32 Å². The normalized spacial score (nSPS) is 12.6. The molecule has 0 spiro atoms. The topological polar surface area (TPSA) is 41.5 Å². The van der Waals surface area contributed by atoms with Gasteiger partial charge < -0.3 is 15.2 Å². The third-order valence-corrected chi connectivity index (χ3v) is 3.33. The van der Waals surface area contributed by atoms with Gasteiger partial charge in [0.1, 0.15) is 0 Å². The number of benzene rings is 1. The second kappa shape index (κ2) is 9.96. The van der Waals surface area contributed by atoms with Crippen molar-refractivity contribution in [3.8, 4) is 0 Å². The highest BCUT2D eigenvalue weighted by Crippen LogP contribution is 2.10. The molecule has 2 N–H and O–H groups in total. The highest BCUT2D eigenvalue weighted by molar-refractivity contribution is 5.21. The minimum absolute atomic E-state index is 0.290. The summed E-state index contributed by atoms with van der Waals surface area (Å²) in [5, 5.41) is 12.5. The molecule has 0 aliphatic carbocycles. The largest absolute Gasteiger partial charge is 0.396 e. The zero-order chi connectivity index (χ0) is 13.9. The van der Waals surface area contributed by atoms with Crippen LogP contribution in [0.25, 0.3) is 0 Å². The summed E-state index contributed by atoms with van der Waals surface area (Å²) >= 11 is 0. The van der Waals surface area contributed by atoms with Crippen LogP contribution in [0.3, 0.4) is 0 Å². The predicted octanol–water partition coefficient (Wildman–Crippen LogP) is 2.72. The summed E-state index contributed by atoms with van der Waals surface area (Å²) in [6, 6.07) is 8.50. The molecule has 3 nitrogen and oxygen atoms in total. The van der Waals surface area contributed by atoms with Gasteiger partial charge in [0.2, 0.25) is 0 Å². The highest BCUT2D eigenvalue weighted by atomic mass is 16.5. The van der Waals surface area contributed by atoms with Crippen molar-refractivity contribution in [3.05, 3.63) is 35.4 Å². The first-order valence-electron chi connectivity index (χ1n) is 7.18. The predicted molar refractivity (Wildman–Crippen MR) is 79.0 cm³/mol. The molecule has 1 unspecified atom stereocenters. The van der Waals surface area contributed by atoms with Crippen molar-refractivity contribution >= 4 is 0 Å². The van der Waals surface area contributed by atoms with Gasteiger partial charge in [0.25, 0.3) is 0 Å². The van der Waals surface area contributed by atoms with Gasteiger partial charge in [0.05, 0.1) is 6.61 Å². The van der Waals surface area contributed by atoms with E-state index in [2.05, 4.69) is 36.5 Å². The standard InChI is InChI=1S/C16H27NO2/c1-3-4-14(9-10-18)11-17-12-15-5-7-16(8-6-15)13-19-2/h5-8,14,17-18H,3-4,9-13H2,1-2H3. The van der Waals surface area contributed by atoms with Gasteiger partial charge in [-0.25, -0.2) is 0 Å². The molecule has 0 radical (unpaired) electrons. The first-order valence-corrected chi connectivity index (χ1v) is 7.18. The summed E-state index contributed by atoms with van der Waals surface area (Å²) < 4.78 is 5.09. The van der Waals surface area contributed by atoms with Crippen molar-refractivity contribution in [1.29, 1.82) is 0 Å². The summed E-state index contributed by atoms with van der Waals surface area (Å²) in [5.74, 6) is 0.586. The van der Waals surface area contributed by atoms with Crippen LogP contribution in [0.1, 0.15) is 37.3 Å². The van der Waals surface area contributed by atoms with E-state index in [9.17, 15) is 0 Å². The quantitative estimate of drug-likeness (QED) is 0.683. The van der Waals surface area contributed by atoms with Crippen LogP contribution in [-0.2, 0) is 17.9 Å². The molecule has 0 saturated heterocycles. The molecular formula is C16H27NO2. The molecule has 108 valence electrons. The molecule has 1 aromatic carbocycles. The summed E-state index contributed by atoms with van der Waals surface area (Å²) in [7, 11) is 1.71. The van der Waals surface area contributed by atoms with Gasteiger partial charge in [-0.1, -0.05) is 37.6 Å². The van der Waals surface area contributed by atoms with Gasteiger partial charge in [-0.2, -0.15) is 0 Å². The first kappa shape index (κ1) is 16.2. The molecule has 1 rings (SSSR count). The molecular weight excluding hydrogens is 238 g/mol. The van der Waals surface area contributed by atoms with Crippen LogP contribution in [0.4, 0.5) is 0 Å². The molecule has 1 atom stereocenters. The van der Waals surface area contributed by atoms with Crippen LogP contribution in [0.15, 0.2) is 24.3 Å². The Hall–Kier alpha value is -0.900. The first-order chi connectivity index (χ1) is 9.30. The van der Waals surface area contributed by atoms with Crippen LogP contribution in [0.5, 0.6) is 0 Å². The number of methoxy groups -OCH3 is 1. The van der Waals surface area contributed by atoms with Gasteiger partial charge in [-0.3, -0.25) is 0 Å². The van der Waals surface area contributed by atoms with Crippen LogP contribution in [0, 0.1) is 5.92 Å². The van der Waals surface area contributed by atoms with Crippen LogP contribution >= 0.6 is 0 Å². The molecule has 0 fully saturated rings. The fourth-order valence-electron chi connectivity index (χ4n) is 2.28. The van der Waals surface area contributed by atoms with Gasteiger partial charge in [0.15, 0.2) is 0 Å². The molecule has 0 bridgehead atoms. The molecule has 0 heterocycles. The van der Waals surface area contributed by atoms with Gasteiger partial charge >= 0.3 is 0 Å². The Morgan fingerprint density at radius 3 is 2.42 bits per heavy atom. The maximum atomic E-state index is 9.02. The number of hydrogen-bond acceptors (Lipinski definition) is 3. The second-order valence-electron chi connectivity index (χ2n) is 5.05. The number of aliphatic hydroxyl groups excluding tert-OH is 1. The minimum Gasteiger partial charge on any atom is -0.396 e. The SMILES string of the molecule is CCCC(CCO)CNCc1ccc(COC)cc1. The fraction of sp³-hybridized carbons (Fsp3) is 0.625. The molecule has 0 aliphatic rings. The maximum Gasteiger partial charge on any atom is 0.0713 e. The summed E-state index contributed by atoms with van der Waals surface area (Å²) in [4.78, 5) is 0. The number of hydrogen-bond donors (Lipinski definition) is 2. The molecule has 1 aromatic rings. The van der Waals surface area contributed by atoms with E-state index in [-0.39, 0.29) is 6.61 Å². The maximum absolute atomic E-state index is 9.02. The van der Waals surface area contributed by atoms with Crippen molar-refractivity contribution in [2.75, 3.05) is 20.3 Å². The van der Waals surface area contributed by atoms with Gasteiger partial charge in [-0.15, -0.1) is 0 Å². The van der Waals surface area contributed by atoms with E-state index in [1.54, 1.807) is 7.11 Å². The third-order valence-electron chi connectivity index (χ3n) is 3.33. The zero-order valence-electron chi connectivity index (χ0n) is 12.2. The Balaban J connectivity index is 2.30. The third kappa shape index (κ3) is 6.71. The summed E-state index contributed by atoms with van der Waals surface area (Å²) in [6.07, 6.45) is 3.26. The number of nitrogens with one attached hydrogen (secondary N) is 1. The molecule has 0 saturated carbocycles. The monoisotopic (exact) mass is 265 g/mol. The second-order valence-corrected chi connectivity index (χ2v) is 5.05. The molecule has 3 heteroatoms. The number of ether oxygens (including phenoxy) is 1.